The smallest absolute Gasteiger partial charge is 0.189 e. The summed E-state index contributed by atoms with van der Waals surface area (Å²) in [7, 11) is 0. The molecule has 6 heteroatoms. The second-order valence-corrected chi connectivity index (χ2v) is 5.36. The number of nitrogens with one attached hydrogen (secondary N) is 2. The molecule has 2 N–H and O–H groups in total. The first-order chi connectivity index (χ1) is 8.75. The summed E-state index contributed by atoms with van der Waals surface area (Å²) in [6, 6.07) is 4.04. The highest BCUT2D eigenvalue weighted by molar-refractivity contribution is 7.99. The highest BCUT2D eigenvalue weighted by Gasteiger charge is 2.07. The molecular formula is C12H17N5S. The second kappa shape index (κ2) is 6.51. The molecule has 2 aromatic heterocycles. The zero-order valence-corrected chi connectivity index (χ0v) is 11.4. The van der Waals surface area contributed by atoms with Gasteiger partial charge >= 0.3 is 0 Å². The Morgan fingerprint density at radius 1 is 1.39 bits per heavy atom. The first kappa shape index (κ1) is 13.0. The van der Waals surface area contributed by atoms with Crippen LogP contribution in [0.4, 0.5) is 0 Å². The lowest BCUT2D eigenvalue weighted by atomic mass is 10.2. The molecule has 0 aliphatic carbocycles. The van der Waals surface area contributed by atoms with E-state index in [9.17, 15) is 0 Å². The van der Waals surface area contributed by atoms with Crippen molar-refractivity contribution in [1.82, 2.24) is 25.5 Å². The van der Waals surface area contributed by atoms with E-state index in [1.807, 2.05) is 6.07 Å². The summed E-state index contributed by atoms with van der Waals surface area (Å²) >= 11 is 1.50. The van der Waals surface area contributed by atoms with Crippen molar-refractivity contribution in [2.24, 2.45) is 5.92 Å². The van der Waals surface area contributed by atoms with Gasteiger partial charge in [0.1, 0.15) is 11.4 Å². The second-order valence-electron chi connectivity index (χ2n) is 4.39. The Hall–Kier alpha value is -1.40. The van der Waals surface area contributed by atoms with Gasteiger partial charge in [0.2, 0.25) is 0 Å². The largest absolute Gasteiger partial charge is 0.312 e. The number of aromatic amines is 1. The van der Waals surface area contributed by atoms with E-state index >= 15 is 0 Å². The van der Waals surface area contributed by atoms with E-state index in [-0.39, 0.29) is 0 Å². The summed E-state index contributed by atoms with van der Waals surface area (Å²) in [6.45, 7) is 6.21. The van der Waals surface area contributed by atoms with Gasteiger partial charge in [-0.15, -0.1) is 0 Å². The molecule has 0 bridgehead atoms. The van der Waals surface area contributed by atoms with Crippen molar-refractivity contribution in [3.05, 3.63) is 30.2 Å². The first-order valence-corrected chi connectivity index (χ1v) is 6.75. The van der Waals surface area contributed by atoms with Crippen LogP contribution in [0, 0.1) is 5.92 Å². The van der Waals surface area contributed by atoms with E-state index in [1.54, 1.807) is 6.20 Å². The van der Waals surface area contributed by atoms with E-state index in [0.717, 1.165) is 23.3 Å². The highest BCUT2D eigenvalue weighted by atomic mass is 32.2. The third-order valence-electron chi connectivity index (χ3n) is 2.30. The Morgan fingerprint density at radius 2 is 2.28 bits per heavy atom. The molecule has 0 atom stereocenters. The van der Waals surface area contributed by atoms with Crippen molar-refractivity contribution in [2.75, 3.05) is 6.54 Å². The van der Waals surface area contributed by atoms with E-state index in [2.05, 4.69) is 45.4 Å². The molecule has 0 aliphatic rings. The van der Waals surface area contributed by atoms with Crippen molar-refractivity contribution in [3.63, 3.8) is 0 Å². The minimum Gasteiger partial charge on any atom is -0.312 e. The molecule has 0 aromatic carbocycles. The van der Waals surface area contributed by atoms with Gasteiger partial charge in [-0.1, -0.05) is 19.9 Å². The zero-order chi connectivity index (χ0) is 12.8. The summed E-state index contributed by atoms with van der Waals surface area (Å²) in [5, 5.41) is 11.8. The molecule has 0 saturated heterocycles. The number of rotatable bonds is 6. The third kappa shape index (κ3) is 3.82. The number of pyridine rings is 1. The topological polar surface area (TPSA) is 66.5 Å². The summed E-state index contributed by atoms with van der Waals surface area (Å²) in [5.74, 6) is 0.645. The average molecular weight is 263 g/mol. The SMILES string of the molecule is CC(C)CNCc1cccnc1Sc1ncn[nH]1. The highest BCUT2D eigenvalue weighted by Crippen LogP contribution is 2.24. The van der Waals surface area contributed by atoms with Crippen LogP contribution >= 0.6 is 11.8 Å². The normalized spacial score (nSPS) is 11.1. The molecule has 0 unspecified atom stereocenters. The molecule has 2 aromatic rings. The molecule has 0 aliphatic heterocycles. The van der Waals surface area contributed by atoms with Crippen LogP contribution < -0.4 is 5.32 Å². The Bertz CT molecular complexity index is 469. The van der Waals surface area contributed by atoms with E-state index in [1.165, 1.54) is 23.7 Å². The van der Waals surface area contributed by atoms with Crippen molar-refractivity contribution in [3.8, 4) is 0 Å². The van der Waals surface area contributed by atoms with Crippen LogP contribution in [0.3, 0.4) is 0 Å². The fourth-order valence-electron chi connectivity index (χ4n) is 1.48. The van der Waals surface area contributed by atoms with Crippen LogP contribution in [0.5, 0.6) is 0 Å². The van der Waals surface area contributed by atoms with Crippen molar-refractivity contribution in [2.45, 2.75) is 30.6 Å². The Morgan fingerprint density at radius 3 is 3.00 bits per heavy atom. The number of H-pyrrole nitrogens is 1. The van der Waals surface area contributed by atoms with Crippen LogP contribution in [0.25, 0.3) is 0 Å². The monoisotopic (exact) mass is 263 g/mol. The maximum Gasteiger partial charge on any atom is 0.189 e. The fourth-order valence-corrected chi connectivity index (χ4v) is 2.25. The van der Waals surface area contributed by atoms with Gasteiger partial charge in [-0.2, -0.15) is 5.10 Å². The summed E-state index contributed by atoms with van der Waals surface area (Å²) in [6.07, 6.45) is 3.30. The molecule has 0 fully saturated rings. The summed E-state index contributed by atoms with van der Waals surface area (Å²) in [5.41, 5.74) is 1.18. The summed E-state index contributed by atoms with van der Waals surface area (Å²) in [4.78, 5) is 8.48. The van der Waals surface area contributed by atoms with Gasteiger partial charge in [0.05, 0.1) is 0 Å². The van der Waals surface area contributed by atoms with Gasteiger partial charge < -0.3 is 5.32 Å². The number of hydrogen-bond acceptors (Lipinski definition) is 5. The maximum atomic E-state index is 4.39. The summed E-state index contributed by atoms with van der Waals surface area (Å²) < 4.78 is 0. The van der Waals surface area contributed by atoms with Gasteiger partial charge in [-0.05, 0) is 35.9 Å². The molecule has 0 amide bonds. The quantitative estimate of drug-likeness (QED) is 0.835. The molecule has 0 spiro atoms. The minimum atomic E-state index is 0.645. The van der Waals surface area contributed by atoms with Gasteiger partial charge in [-0.25, -0.2) is 9.97 Å². The number of aromatic nitrogens is 4. The van der Waals surface area contributed by atoms with E-state index in [4.69, 9.17) is 0 Å². The Kier molecular flexibility index (Phi) is 4.72. The van der Waals surface area contributed by atoms with Gasteiger partial charge in [0.25, 0.3) is 0 Å². The van der Waals surface area contributed by atoms with Crippen LogP contribution in [0.15, 0.2) is 34.8 Å². The van der Waals surface area contributed by atoms with Gasteiger partial charge in [0.15, 0.2) is 5.16 Å². The first-order valence-electron chi connectivity index (χ1n) is 5.93. The molecule has 96 valence electrons. The minimum absolute atomic E-state index is 0.645. The van der Waals surface area contributed by atoms with Crippen LogP contribution in [-0.2, 0) is 6.54 Å². The molecule has 18 heavy (non-hydrogen) atoms. The maximum absolute atomic E-state index is 4.39. The Balaban J connectivity index is 2.01. The van der Waals surface area contributed by atoms with E-state index < -0.39 is 0 Å². The lowest BCUT2D eigenvalue weighted by molar-refractivity contribution is 0.549. The van der Waals surface area contributed by atoms with Crippen molar-refractivity contribution < 1.29 is 0 Å². The molecule has 2 heterocycles. The third-order valence-corrected chi connectivity index (χ3v) is 3.26. The van der Waals surface area contributed by atoms with Crippen LogP contribution in [-0.4, -0.2) is 26.7 Å². The van der Waals surface area contributed by atoms with Crippen molar-refractivity contribution >= 4 is 11.8 Å². The zero-order valence-electron chi connectivity index (χ0n) is 10.6. The predicted octanol–water partition coefficient (Wildman–Crippen LogP) is 2.10. The number of nitrogens with zero attached hydrogens (tertiary/aromatic N) is 3. The standard InChI is InChI=1S/C12H17N5S/c1-9(2)6-13-7-10-4-3-5-14-11(10)18-12-15-8-16-17-12/h3-5,8-9,13H,6-7H2,1-2H3,(H,15,16,17). The average Bonchev–Trinajstić information content (AvgIpc) is 2.84. The fraction of sp³-hybridized carbons (Fsp3) is 0.417. The van der Waals surface area contributed by atoms with Crippen LogP contribution in [0.1, 0.15) is 19.4 Å². The Labute approximate surface area is 111 Å². The molecule has 2 rings (SSSR count). The number of hydrogen-bond donors (Lipinski definition) is 2. The van der Waals surface area contributed by atoms with Crippen molar-refractivity contribution in [1.29, 1.82) is 0 Å². The van der Waals surface area contributed by atoms with E-state index in [0.29, 0.717) is 5.92 Å². The van der Waals surface area contributed by atoms with Gasteiger partial charge in [-0.3, -0.25) is 5.10 Å². The predicted molar refractivity (Wildman–Crippen MR) is 71.3 cm³/mol. The molecule has 0 radical (unpaired) electrons. The molecular weight excluding hydrogens is 246 g/mol. The molecule has 0 saturated carbocycles. The molecule has 5 nitrogen and oxygen atoms in total. The van der Waals surface area contributed by atoms with Gasteiger partial charge in [0, 0.05) is 12.7 Å². The van der Waals surface area contributed by atoms with Crippen LogP contribution in [0.2, 0.25) is 0 Å². The lowest BCUT2D eigenvalue weighted by Crippen LogP contribution is -2.19. The lowest BCUT2D eigenvalue weighted by Gasteiger charge is -2.09.